The summed E-state index contributed by atoms with van der Waals surface area (Å²) in [4.78, 5) is 16.0. The Morgan fingerprint density at radius 1 is 1.20 bits per heavy atom. The number of amides is 1. The summed E-state index contributed by atoms with van der Waals surface area (Å²) in [5.74, 6) is -0.504. The van der Waals surface area contributed by atoms with Crippen molar-refractivity contribution in [3.63, 3.8) is 0 Å². The number of pyridine rings is 1. The molecule has 2 N–H and O–H groups in total. The molecule has 0 fully saturated rings. The van der Waals surface area contributed by atoms with Gasteiger partial charge in [0.1, 0.15) is 5.82 Å². The predicted molar refractivity (Wildman–Crippen MR) is 75.7 cm³/mol. The largest absolute Gasteiger partial charge is 0.325 e. The average molecular weight is 273 g/mol. The number of aromatic nitrogens is 1. The number of rotatable bonds is 5. The summed E-state index contributed by atoms with van der Waals surface area (Å²) < 4.78 is 12.7. The Kier molecular flexibility index (Phi) is 4.79. The van der Waals surface area contributed by atoms with Crippen molar-refractivity contribution < 1.29 is 9.18 Å². The van der Waals surface area contributed by atoms with E-state index in [1.54, 1.807) is 0 Å². The fourth-order valence-electron chi connectivity index (χ4n) is 1.74. The Morgan fingerprint density at radius 2 is 1.95 bits per heavy atom. The topological polar surface area (TPSA) is 54.0 Å². The maximum atomic E-state index is 12.7. The molecule has 0 aliphatic carbocycles. The van der Waals surface area contributed by atoms with Crippen LogP contribution in [0.3, 0.4) is 0 Å². The minimum Gasteiger partial charge on any atom is -0.325 e. The first kappa shape index (κ1) is 14.1. The van der Waals surface area contributed by atoms with Crippen molar-refractivity contribution in [3.8, 4) is 0 Å². The van der Waals surface area contributed by atoms with Crippen LogP contribution in [0.2, 0.25) is 0 Å². The first-order valence-electron chi connectivity index (χ1n) is 6.32. The second-order valence-corrected chi connectivity index (χ2v) is 4.43. The van der Waals surface area contributed by atoms with Gasteiger partial charge in [-0.3, -0.25) is 9.78 Å². The highest BCUT2D eigenvalue weighted by atomic mass is 19.1. The number of nitrogens with one attached hydrogen (secondary N) is 2. The average Bonchev–Trinajstić information content (AvgIpc) is 2.41. The zero-order valence-corrected chi connectivity index (χ0v) is 11.2. The van der Waals surface area contributed by atoms with Crippen molar-refractivity contribution in [1.82, 2.24) is 10.3 Å². The molecule has 104 valence electrons. The van der Waals surface area contributed by atoms with E-state index in [1.165, 1.54) is 24.3 Å². The van der Waals surface area contributed by atoms with Crippen LogP contribution in [0.25, 0.3) is 0 Å². The number of hydrogen-bond donors (Lipinski definition) is 2. The summed E-state index contributed by atoms with van der Waals surface area (Å²) in [6.45, 7) is 2.62. The van der Waals surface area contributed by atoms with Gasteiger partial charge in [0.2, 0.25) is 5.91 Å². The molecule has 0 atom stereocenters. The molecule has 0 radical (unpaired) electrons. The van der Waals surface area contributed by atoms with E-state index in [9.17, 15) is 9.18 Å². The van der Waals surface area contributed by atoms with Crippen LogP contribution in [0.1, 0.15) is 11.4 Å². The Hall–Kier alpha value is -2.27. The third kappa shape index (κ3) is 4.44. The summed E-state index contributed by atoms with van der Waals surface area (Å²) >= 11 is 0. The number of benzene rings is 1. The molecule has 2 rings (SSSR count). The van der Waals surface area contributed by atoms with Crippen LogP contribution >= 0.6 is 0 Å². The maximum Gasteiger partial charge on any atom is 0.238 e. The van der Waals surface area contributed by atoms with Gasteiger partial charge in [0, 0.05) is 17.9 Å². The van der Waals surface area contributed by atoms with Gasteiger partial charge in [-0.15, -0.1) is 0 Å². The summed E-state index contributed by atoms with van der Waals surface area (Å²) in [5.41, 5.74) is 2.41. The molecule has 2 aromatic rings. The van der Waals surface area contributed by atoms with Crippen molar-refractivity contribution >= 4 is 11.6 Å². The van der Waals surface area contributed by atoms with Crippen LogP contribution in [0.4, 0.5) is 10.1 Å². The van der Waals surface area contributed by atoms with E-state index in [0.717, 1.165) is 11.4 Å². The zero-order valence-electron chi connectivity index (χ0n) is 11.2. The standard InChI is InChI=1S/C15H16FN3O/c1-11-3-2-4-14(18-11)9-17-10-15(20)19-13-7-5-12(16)6-8-13/h2-8,17H,9-10H2,1H3,(H,19,20). The van der Waals surface area contributed by atoms with E-state index >= 15 is 0 Å². The lowest BCUT2D eigenvalue weighted by molar-refractivity contribution is -0.115. The van der Waals surface area contributed by atoms with Crippen molar-refractivity contribution in [1.29, 1.82) is 0 Å². The Labute approximate surface area is 117 Å². The fourth-order valence-corrected chi connectivity index (χ4v) is 1.74. The fraction of sp³-hybridized carbons (Fsp3) is 0.200. The molecule has 1 aromatic heterocycles. The van der Waals surface area contributed by atoms with Crippen molar-refractivity contribution in [2.75, 3.05) is 11.9 Å². The first-order valence-corrected chi connectivity index (χ1v) is 6.32. The molecule has 0 bridgehead atoms. The second kappa shape index (κ2) is 6.77. The molecule has 1 aromatic carbocycles. The molecule has 5 heteroatoms. The highest BCUT2D eigenvalue weighted by Gasteiger charge is 2.02. The summed E-state index contributed by atoms with van der Waals surface area (Å²) in [6, 6.07) is 11.4. The summed E-state index contributed by atoms with van der Waals surface area (Å²) in [5, 5.41) is 5.69. The van der Waals surface area contributed by atoms with Gasteiger partial charge in [0.05, 0.1) is 12.2 Å². The SMILES string of the molecule is Cc1cccc(CNCC(=O)Nc2ccc(F)cc2)n1. The van der Waals surface area contributed by atoms with E-state index in [1.807, 2.05) is 25.1 Å². The second-order valence-electron chi connectivity index (χ2n) is 4.43. The van der Waals surface area contributed by atoms with Crippen LogP contribution in [0, 0.1) is 12.7 Å². The van der Waals surface area contributed by atoms with Crippen LogP contribution in [0.5, 0.6) is 0 Å². The third-order valence-electron chi connectivity index (χ3n) is 2.67. The van der Waals surface area contributed by atoms with Crippen molar-refractivity contribution in [2.24, 2.45) is 0 Å². The minimum atomic E-state index is -0.327. The monoisotopic (exact) mass is 273 g/mol. The van der Waals surface area contributed by atoms with Gasteiger partial charge in [-0.05, 0) is 43.3 Å². The molecule has 0 aliphatic heterocycles. The molecule has 0 saturated heterocycles. The minimum absolute atomic E-state index is 0.174. The van der Waals surface area contributed by atoms with E-state index in [4.69, 9.17) is 0 Å². The quantitative estimate of drug-likeness (QED) is 0.878. The van der Waals surface area contributed by atoms with Gasteiger partial charge in [0.15, 0.2) is 0 Å². The highest BCUT2D eigenvalue weighted by molar-refractivity contribution is 5.92. The van der Waals surface area contributed by atoms with Crippen LogP contribution in [0.15, 0.2) is 42.5 Å². The molecule has 1 amide bonds. The summed E-state index contributed by atoms with van der Waals surface area (Å²) in [6.07, 6.45) is 0. The van der Waals surface area contributed by atoms with Crippen molar-refractivity contribution in [2.45, 2.75) is 13.5 Å². The number of carbonyl (C=O) groups is 1. The van der Waals surface area contributed by atoms with Gasteiger partial charge in [-0.1, -0.05) is 6.07 Å². The van der Waals surface area contributed by atoms with E-state index in [-0.39, 0.29) is 18.3 Å². The van der Waals surface area contributed by atoms with Crippen LogP contribution in [-0.4, -0.2) is 17.4 Å². The lowest BCUT2D eigenvalue weighted by Gasteiger charge is -2.07. The molecule has 20 heavy (non-hydrogen) atoms. The van der Waals surface area contributed by atoms with Gasteiger partial charge < -0.3 is 10.6 Å². The van der Waals surface area contributed by atoms with Crippen LogP contribution < -0.4 is 10.6 Å². The highest BCUT2D eigenvalue weighted by Crippen LogP contribution is 2.07. The normalized spacial score (nSPS) is 10.3. The Bertz CT molecular complexity index is 584. The van der Waals surface area contributed by atoms with Crippen LogP contribution in [-0.2, 0) is 11.3 Å². The molecular weight excluding hydrogens is 257 g/mol. The van der Waals surface area contributed by atoms with E-state index in [2.05, 4.69) is 15.6 Å². The number of anilines is 1. The molecular formula is C15H16FN3O. The lowest BCUT2D eigenvalue weighted by atomic mass is 10.3. The molecule has 0 unspecified atom stereocenters. The Morgan fingerprint density at radius 3 is 2.65 bits per heavy atom. The summed E-state index contributed by atoms with van der Waals surface area (Å²) in [7, 11) is 0. The van der Waals surface area contributed by atoms with E-state index < -0.39 is 0 Å². The van der Waals surface area contributed by atoms with Gasteiger partial charge in [0.25, 0.3) is 0 Å². The maximum absolute atomic E-state index is 12.7. The Balaban J connectivity index is 1.76. The number of hydrogen-bond acceptors (Lipinski definition) is 3. The lowest BCUT2D eigenvalue weighted by Crippen LogP contribution is -2.28. The number of aryl methyl sites for hydroxylation is 1. The first-order chi connectivity index (χ1) is 9.63. The molecule has 0 spiro atoms. The van der Waals surface area contributed by atoms with E-state index in [0.29, 0.717) is 12.2 Å². The van der Waals surface area contributed by atoms with Gasteiger partial charge in [-0.2, -0.15) is 0 Å². The van der Waals surface area contributed by atoms with Crippen molar-refractivity contribution in [3.05, 3.63) is 59.7 Å². The third-order valence-corrected chi connectivity index (χ3v) is 2.67. The molecule has 0 aliphatic rings. The van der Waals surface area contributed by atoms with Gasteiger partial charge in [-0.25, -0.2) is 4.39 Å². The molecule has 0 saturated carbocycles. The number of carbonyl (C=O) groups excluding carboxylic acids is 1. The molecule has 1 heterocycles. The molecule has 4 nitrogen and oxygen atoms in total. The number of halogens is 1. The smallest absolute Gasteiger partial charge is 0.238 e. The predicted octanol–water partition coefficient (Wildman–Crippen LogP) is 2.26. The zero-order chi connectivity index (χ0) is 14.4. The van der Waals surface area contributed by atoms with Gasteiger partial charge >= 0.3 is 0 Å². The number of nitrogens with zero attached hydrogens (tertiary/aromatic N) is 1.